The molecular weight excluding hydrogens is 220 g/mol. The highest BCUT2D eigenvalue weighted by atomic mass is 14.9. The van der Waals surface area contributed by atoms with Gasteiger partial charge in [0.1, 0.15) is 0 Å². The van der Waals surface area contributed by atoms with Crippen LogP contribution >= 0.6 is 0 Å². The smallest absolute Gasteiger partial charge is 0.0381 e. The Balaban J connectivity index is 2.32. The average Bonchev–Trinajstić information content (AvgIpc) is 2.39. The van der Waals surface area contributed by atoms with Crippen molar-refractivity contribution in [3.63, 3.8) is 0 Å². The summed E-state index contributed by atoms with van der Waals surface area (Å²) in [7, 11) is 2.03. The first-order valence-corrected chi connectivity index (χ1v) is 7.07. The van der Waals surface area contributed by atoms with Gasteiger partial charge in [0.25, 0.3) is 0 Å². The fourth-order valence-corrected chi connectivity index (χ4v) is 3.06. The maximum atomic E-state index is 5.92. The van der Waals surface area contributed by atoms with Crippen LogP contribution in [0.3, 0.4) is 0 Å². The summed E-state index contributed by atoms with van der Waals surface area (Å²) in [5.74, 6) is 0. The fraction of sp³-hybridized carbons (Fsp3) is 0.625. The first kappa shape index (κ1) is 13.6. The van der Waals surface area contributed by atoms with Crippen molar-refractivity contribution in [1.82, 2.24) is 5.32 Å². The van der Waals surface area contributed by atoms with Crippen LogP contribution in [0.5, 0.6) is 0 Å². The zero-order valence-electron chi connectivity index (χ0n) is 11.9. The molecule has 1 atom stereocenters. The molecule has 0 aliphatic heterocycles. The topological polar surface area (TPSA) is 38.0 Å². The van der Waals surface area contributed by atoms with Crippen LogP contribution < -0.4 is 11.1 Å². The lowest BCUT2D eigenvalue weighted by Crippen LogP contribution is -2.37. The summed E-state index contributed by atoms with van der Waals surface area (Å²) in [6.07, 6.45) is 5.17. The number of hydrogen-bond donors (Lipinski definition) is 2. The molecule has 1 aliphatic rings. The minimum atomic E-state index is 0.0810. The van der Waals surface area contributed by atoms with Gasteiger partial charge in [0, 0.05) is 6.04 Å². The zero-order valence-corrected chi connectivity index (χ0v) is 11.9. The third-order valence-electron chi connectivity index (χ3n) is 4.30. The Morgan fingerprint density at radius 3 is 2.50 bits per heavy atom. The van der Waals surface area contributed by atoms with Gasteiger partial charge in [-0.25, -0.2) is 0 Å². The van der Waals surface area contributed by atoms with Crippen molar-refractivity contribution in [1.29, 1.82) is 0 Å². The third-order valence-corrected chi connectivity index (χ3v) is 4.30. The molecule has 0 heterocycles. The second-order valence-electron chi connectivity index (χ2n) is 6.15. The molecule has 0 saturated carbocycles. The van der Waals surface area contributed by atoms with Crippen LogP contribution in [-0.4, -0.2) is 13.6 Å². The largest absolute Gasteiger partial charge is 0.330 e. The Hall–Kier alpha value is -0.860. The Morgan fingerprint density at radius 1 is 1.22 bits per heavy atom. The maximum absolute atomic E-state index is 5.92. The highest BCUT2D eigenvalue weighted by Crippen LogP contribution is 2.34. The van der Waals surface area contributed by atoms with Gasteiger partial charge in [-0.3, -0.25) is 0 Å². The lowest BCUT2D eigenvalue weighted by atomic mass is 9.79. The summed E-state index contributed by atoms with van der Waals surface area (Å²) >= 11 is 0. The minimum Gasteiger partial charge on any atom is -0.330 e. The predicted molar refractivity (Wildman–Crippen MR) is 77.7 cm³/mol. The van der Waals surface area contributed by atoms with Gasteiger partial charge in [-0.1, -0.05) is 32.0 Å². The number of rotatable bonds is 4. The molecule has 100 valence electrons. The minimum absolute atomic E-state index is 0.0810. The quantitative estimate of drug-likeness (QED) is 0.857. The molecule has 2 nitrogen and oxygen atoms in total. The van der Waals surface area contributed by atoms with Gasteiger partial charge < -0.3 is 11.1 Å². The first-order chi connectivity index (χ1) is 8.58. The van der Waals surface area contributed by atoms with Crippen LogP contribution in [0.2, 0.25) is 0 Å². The molecule has 2 rings (SSSR count). The predicted octanol–water partition coefficient (Wildman–Crippen LogP) is 2.81. The second kappa shape index (κ2) is 5.41. The monoisotopic (exact) mass is 246 g/mol. The van der Waals surface area contributed by atoms with E-state index < -0.39 is 0 Å². The number of hydrogen-bond acceptors (Lipinski definition) is 2. The highest BCUT2D eigenvalue weighted by Gasteiger charge is 2.28. The molecule has 1 unspecified atom stereocenters. The van der Waals surface area contributed by atoms with Gasteiger partial charge >= 0.3 is 0 Å². The van der Waals surface area contributed by atoms with Crippen molar-refractivity contribution in [2.24, 2.45) is 11.1 Å². The van der Waals surface area contributed by atoms with Crippen molar-refractivity contribution in [3.8, 4) is 0 Å². The van der Waals surface area contributed by atoms with Gasteiger partial charge in [-0.05, 0) is 61.4 Å². The number of nitrogens with one attached hydrogen (secondary N) is 1. The molecule has 3 N–H and O–H groups in total. The van der Waals surface area contributed by atoms with Crippen molar-refractivity contribution < 1.29 is 0 Å². The summed E-state index contributed by atoms with van der Waals surface area (Å²) in [6, 6.07) is 7.33. The third kappa shape index (κ3) is 2.60. The molecule has 0 aromatic heterocycles. The molecule has 0 spiro atoms. The normalized spacial score (nSPS) is 17.3. The highest BCUT2D eigenvalue weighted by molar-refractivity contribution is 5.35. The lowest BCUT2D eigenvalue weighted by molar-refractivity contribution is 0.265. The Kier molecular flexibility index (Phi) is 4.08. The van der Waals surface area contributed by atoms with E-state index in [1.54, 1.807) is 11.1 Å². The first-order valence-electron chi connectivity index (χ1n) is 7.07. The molecule has 1 aromatic carbocycles. The van der Waals surface area contributed by atoms with E-state index in [1.165, 1.54) is 31.2 Å². The molecule has 0 amide bonds. The van der Waals surface area contributed by atoms with E-state index in [9.17, 15) is 0 Å². The molecule has 0 saturated heterocycles. The SMILES string of the molecule is CNC(c1ccc2c(c1)CCCC2)C(C)(C)CN. The summed E-state index contributed by atoms with van der Waals surface area (Å²) in [6.45, 7) is 5.15. The number of nitrogens with two attached hydrogens (primary N) is 1. The molecule has 18 heavy (non-hydrogen) atoms. The van der Waals surface area contributed by atoms with Crippen LogP contribution in [0.15, 0.2) is 18.2 Å². The van der Waals surface area contributed by atoms with E-state index in [0.29, 0.717) is 12.6 Å². The molecular formula is C16H26N2. The Morgan fingerprint density at radius 2 is 1.89 bits per heavy atom. The van der Waals surface area contributed by atoms with E-state index in [1.807, 2.05) is 7.05 Å². The van der Waals surface area contributed by atoms with Gasteiger partial charge in [0.05, 0.1) is 0 Å². The van der Waals surface area contributed by atoms with Crippen LogP contribution in [0.4, 0.5) is 0 Å². The van der Waals surface area contributed by atoms with Gasteiger partial charge in [0.2, 0.25) is 0 Å². The molecule has 1 aromatic rings. The van der Waals surface area contributed by atoms with Crippen molar-refractivity contribution in [3.05, 3.63) is 34.9 Å². The van der Waals surface area contributed by atoms with Gasteiger partial charge in [-0.15, -0.1) is 0 Å². The number of benzene rings is 1. The summed E-state index contributed by atoms with van der Waals surface area (Å²) in [4.78, 5) is 0. The van der Waals surface area contributed by atoms with E-state index in [4.69, 9.17) is 5.73 Å². The fourth-order valence-electron chi connectivity index (χ4n) is 3.06. The van der Waals surface area contributed by atoms with Crippen LogP contribution in [-0.2, 0) is 12.8 Å². The van der Waals surface area contributed by atoms with E-state index in [2.05, 4.69) is 37.4 Å². The average molecular weight is 246 g/mol. The molecule has 0 radical (unpaired) electrons. The van der Waals surface area contributed by atoms with E-state index in [-0.39, 0.29) is 5.41 Å². The van der Waals surface area contributed by atoms with Crippen LogP contribution in [0.25, 0.3) is 0 Å². The molecule has 0 bridgehead atoms. The number of fused-ring (bicyclic) bond motifs is 1. The summed E-state index contributed by atoms with van der Waals surface area (Å²) in [5, 5.41) is 3.44. The van der Waals surface area contributed by atoms with Gasteiger partial charge in [0.15, 0.2) is 0 Å². The van der Waals surface area contributed by atoms with E-state index >= 15 is 0 Å². The second-order valence-corrected chi connectivity index (χ2v) is 6.15. The van der Waals surface area contributed by atoms with E-state index in [0.717, 1.165) is 0 Å². The molecule has 1 aliphatic carbocycles. The summed E-state index contributed by atoms with van der Waals surface area (Å²) in [5.41, 5.74) is 10.5. The van der Waals surface area contributed by atoms with Crippen molar-refractivity contribution in [2.45, 2.75) is 45.6 Å². The van der Waals surface area contributed by atoms with Crippen molar-refractivity contribution >= 4 is 0 Å². The maximum Gasteiger partial charge on any atom is 0.0381 e. The van der Waals surface area contributed by atoms with Crippen molar-refractivity contribution in [2.75, 3.05) is 13.6 Å². The van der Waals surface area contributed by atoms with Crippen LogP contribution in [0.1, 0.15) is 49.4 Å². The number of aryl methyl sites for hydroxylation is 2. The standard InChI is InChI=1S/C16H26N2/c1-16(2,11-17)15(18-3)14-9-8-12-6-4-5-7-13(12)10-14/h8-10,15,18H,4-7,11,17H2,1-3H3. The Labute approximate surface area is 111 Å². The Bertz CT molecular complexity index is 410. The molecule has 2 heteroatoms. The lowest BCUT2D eigenvalue weighted by Gasteiger charge is -2.34. The van der Waals surface area contributed by atoms with Gasteiger partial charge in [-0.2, -0.15) is 0 Å². The zero-order chi connectivity index (χ0) is 13.2. The summed E-state index contributed by atoms with van der Waals surface area (Å²) < 4.78 is 0. The van der Waals surface area contributed by atoms with Crippen LogP contribution in [0, 0.1) is 5.41 Å². The molecule has 0 fully saturated rings.